The Bertz CT molecular complexity index is 1130. The monoisotopic (exact) mass is 396 g/mol. The second kappa shape index (κ2) is 7.38. The number of hydrogen-bond donors (Lipinski definition) is 3. The van der Waals surface area contributed by atoms with Crippen LogP contribution < -0.4 is 10.6 Å². The number of aromatic hydroxyl groups is 1. The third-order valence-electron chi connectivity index (χ3n) is 6.08. The van der Waals surface area contributed by atoms with Crippen molar-refractivity contribution in [1.29, 1.82) is 0 Å². The zero-order valence-electron chi connectivity index (χ0n) is 16.9. The number of Topliss-reactive ketones (excluding diaryl/α,β-unsaturated/α-hetero) is 1. The van der Waals surface area contributed by atoms with Gasteiger partial charge in [0.1, 0.15) is 5.75 Å². The van der Waals surface area contributed by atoms with Crippen LogP contribution in [-0.2, 0) is 4.79 Å². The van der Waals surface area contributed by atoms with E-state index in [-0.39, 0.29) is 23.5 Å². The SMILES string of the molecule is Cc1ccc([C@@H]2CC(=O)C3=C(C2)Nc2ccccc2N[C@H]3c2ccc(O)cc2)cc1. The molecule has 0 saturated carbocycles. The number of hydrogen-bond acceptors (Lipinski definition) is 4. The molecule has 1 aliphatic heterocycles. The molecule has 1 aliphatic carbocycles. The fourth-order valence-corrected chi connectivity index (χ4v) is 4.48. The summed E-state index contributed by atoms with van der Waals surface area (Å²) in [6.07, 6.45) is 1.28. The predicted molar refractivity (Wildman–Crippen MR) is 120 cm³/mol. The molecule has 30 heavy (non-hydrogen) atoms. The molecule has 0 fully saturated rings. The van der Waals surface area contributed by atoms with Crippen LogP contribution in [0.2, 0.25) is 0 Å². The van der Waals surface area contributed by atoms with E-state index in [1.165, 1.54) is 11.1 Å². The molecule has 3 aromatic rings. The van der Waals surface area contributed by atoms with Crippen molar-refractivity contribution in [3.63, 3.8) is 0 Å². The molecule has 0 amide bonds. The minimum atomic E-state index is -0.261. The summed E-state index contributed by atoms with van der Waals surface area (Å²) in [5.74, 6) is 0.539. The molecule has 0 radical (unpaired) electrons. The summed E-state index contributed by atoms with van der Waals surface area (Å²) in [5.41, 5.74) is 7.09. The summed E-state index contributed by atoms with van der Waals surface area (Å²) in [6, 6.07) is 23.4. The van der Waals surface area contributed by atoms with E-state index in [0.29, 0.717) is 6.42 Å². The number of phenolic OH excluding ortho intramolecular Hbond substituents is 1. The molecule has 0 unspecified atom stereocenters. The zero-order valence-corrected chi connectivity index (χ0v) is 16.9. The Morgan fingerprint density at radius 1 is 0.833 bits per heavy atom. The van der Waals surface area contributed by atoms with Crippen LogP contribution in [0.25, 0.3) is 0 Å². The Labute approximate surface area is 176 Å². The van der Waals surface area contributed by atoms with E-state index in [9.17, 15) is 9.90 Å². The van der Waals surface area contributed by atoms with Crippen LogP contribution in [0.3, 0.4) is 0 Å². The van der Waals surface area contributed by atoms with Gasteiger partial charge in [-0.15, -0.1) is 0 Å². The topological polar surface area (TPSA) is 61.4 Å². The Hall–Kier alpha value is -3.53. The van der Waals surface area contributed by atoms with Crippen LogP contribution in [0, 0.1) is 6.92 Å². The Morgan fingerprint density at radius 2 is 1.50 bits per heavy atom. The van der Waals surface area contributed by atoms with Gasteiger partial charge in [-0.1, -0.05) is 54.1 Å². The van der Waals surface area contributed by atoms with E-state index in [4.69, 9.17) is 0 Å². The lowest BCUT2D eigenvalue weighted by molar-refractivity contribution is -0.116. The van der Waals surface area contributed by atoms with Gasteiger partial charge < -0.3 is 15.7 Å². The van der Waals surface area contributed by atoms with E-state index in [1.54, 1.807) is 12.1 Å². The number of carbonyl (C=O) groups is 1. The highest BCUT2D eigenvalue weighted by Gasteiger charge is 2.35. The first kappa shape index (κ1) is 18.5. The average molecular weight is 396 g/mol. The first-order chi connectivity index (χ1) is 14.6. The summed E-state index contributed by atoms with van der Waals surface area (Å²) in [6.45, 7) is 2.08. The van der Waals surface area contributed by atoms with Crippen LogP contribution in [0.1, 0.15) is 41.5 Å². The summed E-state index contributed by atoms with van der Waals surface area (Å²) in [4.78, 5) is 13.4. The molecule has 1 heterocycles. The number of allylic oxidation sites excluding steroid dienone is 1. The molecule has 0 saturated heterocycles. The fourth-order valence-electron chi connectivity index (χ4n) is 4.48. The molecular weight excluding hydrogens is 372 g/mol. The maximum atomic E-state index is 13.4. The number of rotatable bonds is 2. The first-order valence-corrected chi connectivity index (χ1v) is 10.3. The highest BCUT2D eigenvalue weighted by atomic mass is 16.3. The standard InChI is InChI=1S/C26H24N2O2/c1-16-6-8-17(9-7-16)19-14-23-25(24(30)15-19)26(18-10-12-20(29)13-11-18)28-22-5-3-2-4-21(22)27-23/h2-13,19,26-29H,14-15H2,1H3/t19-,26-/m0/s1. The van der Waals surface area contributed by atoms with E-state index in [2.05, 4.69) is 41.8 Å². The number of anilines is 2. The summed E-state index contributed by atoms with van der Waals surface area (Å²) < 4.78 is 0. The molecule has 2 atom stereocenters. The van der Waals surface area contributed by atoms with Gasteiger partial charge in [0.2, 0.25) is 0 Å². The summed E-state index contributed by atoms with van der Waals surface area (Å²) in [5, 5.41) is 16.8. The van der Waals surface area contributed by atoms with Gasteiger partial charge in [-0.3, -0.25) is 4.79 Å². The van der Waals surface area contributed by atoms with Gasteiger partial charge in [-0.2, -0.15) is 0 Å². The van der Waals surface area contributed by atoms with E-state index >= 15 is 0 Å². The zero-order chi connectivity index (χ0) is 20.7. The number of benzene rings is 3. The van der Waals surface area contributed by atoms with Crippen LogP contribution in [0.4, 0.5) is 11.4 Å². The van der Waals surface area contributed by atoms with Gasteiger partial charge >= 0.3 is 0 Å². The van der Waals surface area contributed by atoms with Crippen LogP contribution >= 0.6 is 0 Å². The van der Waals surface area contributed by atoms with Gasteiger partial charge in [-0.05, 0) is 54.7 Å². The molecular formula is C26H24N2O2. The smallest absolute Gasteiger partial charge is 0.163 e. The molecule has 4 heteroatoms. The maximum Gasteiger partial charge on any atom is 0.163 e. The van der Waals surface area contributed by atoms with Crippen molar-refractivity contribution in [2.75, 3.05) is 10.6 Å². The highest BCUT2D eigenvalue weighted by molar-refractivity contribution is 6.01. The van der Waals surface area contributed by atoms with Gasteiger partial charge in [0.05, 0.1) is 17.4 Å². The third kappa shape index (κ3) is 3.35. The first-order valence-electron chi connectivity index (χ1n) is 10.3. The largest absolute Gasteiger partial charge is 0.508 e. The third-order valence-corrected chi connectivity index (χ3v) is 6.08. The van der Waals surface area contributed by atoms with E-state index < -0.39 is 0 Å². The number of ketones is 1. The van der Waals surface area contributed by atoms with Crippen LogP contribution in [-0.4, -0.2) is 10.9 Å². The van der Waals surface area contributed by atoms with Crippen molar-refractivity contribution in [2.24, 2.45) is 0 Å². The van der Waals surface area contributed by atoms with Gasteiger partial charge in [-0.25, -0.2) is 0 Å². The fraction of sp³-hybridized carbons (Fsp3) is 0.192. The molecule has 0 aromatic heterocycles. The molecule has 0 bridgehead atoms. The summed E-state index contributed by atoms with van der Waals surface area (Å²) >= 11 is 0. The maximum absolute atomic E-state index is 13.4. The van der Waals surface area contributed by atoms with Gasteiger partial charge in [0.25, 0.3) is 0 Å². The molecule has 3 aromatic carbocycles. The summed E-state index contributed by atoms with van der Waals surface area (Å²) in [7, 11) is 0. The second-order valence-electron chi connectivity index (χ2n) is 8.17. The minimum Gasteiger partial charge on any atom is -0.508 e. The van der Waals surface area contributed by atoms with Crippen LogP contribution in [0.15, 0.2) is 84.1 Å². The van der Waals surface area contributed by atoms with Gasteiger partial charge in [0, 0.05) is 17.7 Å². The molecule has 4 nitrogen and oxygen atoms in total. The molecule has 0 spiro atoms. The van der Waals surface area contributed by atoms with Crippen molar-refractivity contribution in [2.45, 2.75) is 31.7 Å². The van der Waals surface area contributed by atoms with E-state index in [0.717, 1.165) is 34.6 Å². The number of nitrogens with one attached hydrogen (secondary N) is 2. The Balaban J connectivity index is 1.60. The normalized spacial score (nSPS) is 20.5. The highest BCUT2D eigenvalue weighted by Crippen LogP contribution is 2.44. The van der Waals surface area contributed by atoms with Crippen molar-refractivity contribution in [1.82, 2.24) is 0 Å². The van der Waals surface area contributed by atoms with Crippen molar-refractivity contribution in [3.05, 3.63) is 101 Å². The molecule has 150 valence electrons. The molecule has 2 aliphatic rings. The number of para-hydroxylation sites is 2. The molecule has 3 N–H and O–H groups in total. The molecule has 5 rings (SSSR count). The number of fused-ring (bicyclic) bond motifs is 1. The lowest BCUT2D eigenvalue weighted by Crippen LogP contribution is -2.26. The van der Waals surface area contributed by atoms with Crippen molar-refractivity contribution < 1.29 is 9.90 Å². The Kier molecular flexibility index (Phi) is 4.55. The quantitative estimate of drug-likeness (QED) is 0.521. The number of aryl methyl sites for hydroxylation is 1. The number of phenols is 1. The minimum absolute atomic E-state index is 0.160. The van der Waals surface area contributed by atoms with E-state index in [1.807, 2.05) is 36.4 Å². The average Bonchev–Trinajstić information content (AvgIpc) is 2.91. The van der Waals surface area contributed by atoms with Gasteiger partial charge in [0.15, 0.2) is 5.78 Å². The predicted octanol–water partition coefficient (Wildman–Crippen LogP) is 5.68. The lowest BCUT2D eigenvalue weighted by atomic mass is 9.78. The van der Waals surface area contributed by atoms with Crippen LogP contribution in [0.5, 0.6) is 5.75 Å². The Morgan fingerprint density at radius 3 is 2.23 bits per heavy atom. The number of carbonyl (C=O) groups excluding carboxylic acids is 1. The lowest BCUT2D eigenvalue weighted by Gasteiger charge is -2.30. The van der Waals surface area contributed by atoms with Crippen molar-refractivity contribution in [3.8, 4) is 5.75 Å². The second-order valence-corrected chi connectivity index (χ2v) is 8.17. The van der Waals surface area contributed by atoms with Crippen molar-refractivity contribution >= 4 is 17.2 Å².